The number of esters is 1. The highest BCUT2D eigenvalue weighted by atomic mass is 31.2. The Kier molecular flexibility index (Phi) is 22.5. The van der Waals surface area contributed by atoms with E-state index in [0.717, 1.165) is 12.0 Å². The van der Waals surface area contributed by atoms with Gasteiger partial charge < -0.3 is 43.3 Å². The predicted octanol–water partition coefficient (Wildman–Crippen LogP) is 7.74. The Morgan fingerprint density at radius 1 is 0.855 bits per heavy atom. The van der Waals surface area contributed by atoms with Crippen LogP contribution >= 0.6 is 7.37 Å². The molecule has 15 nitrogen and oxygen atoms in total. The first kappa shape index (κ1) is 58.4. The van der Waals surface area contributed by atoms with E-state index >= 15 is 0 Å². The van der Waals surface area contributed by atoms with E-state index in [1.165, 1.54) is 12.0 Å². The Labute approximate surface area is 411 Å². The number of rotatable bonds is 8. The standard InChI is InChI=1S/C53H84NO14P/c1-32-18-14-13-15-19-33(2)44(63-8)30-40-23-21-38(7)53(61,67-40)50(58)51(59)54-25-17-16-20-41(54)52(60)66-45(35(4)28-39-22-24-43(46(29-39)64-9)68-69(11,12)62)31-42(55)34(3)27-37(6)48(57)49(65-10)47(56)36(5)26-32/h13-15,18-19,27,32,34-36,38-41,43-46,48-49,57,61H,16-17,20-26,28-31H2,1-12H3/b15-13+,18-14+,33-19+,37-27+/t32-,34-,35-,36-,38-,39?,40+,41+,43-,44+,45?,46-,48-,49+,53-/m1/s1. The number of cyclic esters (lactones) is 1. The average molecular weight is 990 g/mol. The maximum atomic E-state index is 14.5. The first-order valence-corrected chi connectivity index (χ1v) is 27.7. The summed E-state index contributed by atoms with van der Waals surface area (Å²) in [5.41, 5.74) is 1.25. The normalized spacial score (nSPS) is 39.0. The number of allylic oxidation sites excluding steroid dienone is 6. The van der Waals surface area contributed by atoms with Crippen LogP contribution in [0.2, 0.25) is 0 Å². The molecule has 4 rings (SSSR count). The highest BCUT2D eigenvalue weighted by molar-refractivity contribution is 7.57. The number of hydrogen-bond donors (Lipinski definition) is 2. The minimum Gasteiger partial charge on any atom is -0.460 e. The van der Waals surface area contributed by atoms with Crippen molar-refractivity contribution >= 4 is 36.6 Å². The number of carbonyl (C=O) groups excluding carboxylic acids is 5. The predicted molar refractivity (Wildman–Crippen MR) is 263 cm³/mol. The molecule has 390 valence electrons. The second kappa shape index (κ2) is 26.5. The van der Waals surface area contributed by atoms with E-state index in [-0.39, 0.29) is 60.9 Å². The molecule has 3 heterocycles. The molecule has 0 radical (unpaired) electrons. The number of fused-ring (bicyclic) bond motifs is 3. The van der Waals surface area contributed by atoms with E-state index in [0.29, 0.717) is 63.4 Å². The second-order valence-corrected chi connectivity index (χ2v) is 23.6. The van der Waals surface area contributed by atoms with Gasteiger partial charge in [0, 0.05) is 71.8 Å². The Morgan fingerprint density at radius 3 is 2.22 bits per heavy atom. The molecular formula is C53H84NO14P. The molecule has 16 heteroatoms. The smallest absolute Gasteiger partial charge is 0.329 e. The first-order chi connectivity index (χ1) is 32.4. The lowest BCUT2D eigenvalue weighted by Gasteiger charge is -2.42. The van der Waals surface area contributed by atoms with E-state index in [1.807, 2.05) is 58.1 Å². The third kappa shape index (κ3) is 16.2. The van der Waals surface area contributed by atoms with Crippen molar-refractivity contribution in [3.63, 3.8) is 0 Å². The summed E-state index contributed by atoms with van der Waals surface area (Å²) < 4.78 is 48.2. The van der Waals surface area contributed by atoms with Crippen LogP contribution in [0.15, 0.2) is 47.6 Å². The lowest BCUT2D eigenvalue weighted by atomic mass is 9.78. The number of carbonyl (C=O) groups is 5. The van der Waals surface area contributed by atoms with Crippen molar-refractivity contribution in [2.75, 3.05) is 41.2 Å². The molecule has 0 aromatic carbocycles. The van der Waals surface area contributed by atoms with Gasteiger partial charge in [-0.15, -0.1) is 0 Å². The van der Waals surface area contributed by atoms with Gasteiger partial charge in [-0.1, -0.05) is 71.1 Å². The summed E-state index contributed by atoms with van der Waals surface area (Å²) in [5.74, 6) is -8.11. The molecule has 0 spiro atoms. The Balaban J connectivity index is 1.70. The summed E-state index contributed by atoms with van der Waals surface area (Å²) >= 11 is 0. The van der Waals surface area contributed by atoms with E-state index in [2.05, 4.69) is 0 Å². The van der Waals surface area contributed by atoms with Crippen molar-refractivity contribution in [3.8, 4) is 0 Å². The molecular weight excluding hydrogens is 906 g/mol. The highest BCUT2D eigenvalue weighted by Gasteiger charge is 2.53. The molecule has 0 aromatic heterocycles. The van der Waals surface area contributed by atoms with Crippen molar-refractivity contribution < 1.29 is 67.0 Å². The van der Waals surface area contributed by atoms with Crippen molar-refractivity contribution in [2.24, 2.45) is 35.5 Å². The third-order valence-corrected chi connectivity index (χ3v) is 15.6. The summed E-state index contributed by atoms with van der Waals surface area (Å²) in [4.78, 5) is 72.2. The first-order valence-electron chi connectivity index (χ1n) is 25.2. The summed E-state index contributed by atoms with van der Waals surface area (Å²) in [7, 11) is 1.76. The van der Waals surface area contributed by atoms with Crippen molar-refractivity contribution in [2.45, 2.75) is 180 Å². The molecule has 2 saturated heterocycles. The van der Waals surface area contributed by atoms with Crippen molar-refractivity contribution in [3.05, 3.63) is 47.6 Å². The van der Waals surface area contributed by atoms with E-state index < -0.39 is 85.1 Å². The number of nitrogens with zero attached hydrogens (tertiary/aromatic N) is 1. The number of methoxy groups -OCH3 is 3. The van der Waals surface area contributed by atoms with Gasteiger partial charge >= 0.3 is 5.97 Å². The van der Waals surface area contributed by atoms with Gasteiger partial charge in [-0.05, 0) is 107 Å². The Morgan fingerprint density at radius 2 is 1.57 bits per heavy atom. The second-order valence-electron chi connectivity index (χ2n) is 20.9. The SMILES string of the molecule is CO[C@H]1C[C@@H]2CC[C@@H](C)[C@@](O)(O2)C(=O)C(=O)N2CCCC[C@H]2C(=O)OC([C@H](C)CC2CC[C@@H](OP(C)(C)=O)[C@H](OC)C2)CC(=O)[C@H](C)/C=C(\C)[C@@H](O)[C@@H](OC)C(=O)[C@H](C)C[C@H](C)/C=C/C=C/C=C/1C. The molecule has 2 unspecified atom stereocenters. The van der Waals surface area contributed by atoms with Gasteiger partial charge in [0.1, 0.15) is 30.1 Å². The summed E-state index contributed by atoms with van der Waals surface area (Å²) in [6.07, 6.45) is 11.4. The fourth-order valence-corrected chi connectivity index (χ4v) is 11.4. The quantitative estimate of drug-likeness (QED) is 0.104. The molecule has 3 aliphatic heterocycles. The molecule has 1 amide bonds. The van der Waals surface area contributed by atoms with E-state index in [9.17, 15) is 38.8 Å². The van der Waals surface area contributed by atoms with Crippen LogP contribution in [-0.4, -0.2) is 140 Å². The average Bonchev–Trinajstić information content (AvgIpc) is 3.30. The number of hydrogen-bond acceptors (Lipinski definition) is 14. The number of Topliss-reactive ketones (excluding diaryl/α,β-unsaturated/α-hetero) is 3. The molecule has 1 saturated carbocycles. The van der Waals surface area contributed by atoms with Gasteiger partial charge in [0.05, 0.1) is 24.4 Å². The van der Waals surface area contributed by atoms with E-state index in [1.54, 1.807) is 54.4 Å². The molecule has 3 fully saturated rings. The lowest BCUT2D eigenvalue weighted by molar-refractivity contribution is -0.265. The fourth-order valence-electron chi connectivity index (χ4n) is 10.5. The van der Waals surface area contributed by atoms with Crippen LogP contribution in [0.1, 0.15) is 126 Å². The zero-order valence-electron chi connectivity index (χ0n) is 43.4. The lowest BCUT2D eigenvalue weighted by Crippen LogP contribution is -2.61. The van der Waals surface area contributed by atoms with Crippen LogP contribution in [0.5, 0.6) is 0 Å². The number of amides is 1. The van der Waals surface area contributed by atoms with E-state index in [4.69, 9.17) is 28.2 Å². The summed E-state index contributed by atoms with van der Waals surface area (Å²) in [6, 6.07) is -1.16. The number of piperidine rings is 1. The number of aliphatic hydroxyl groups is 2. The molecule has 2 N–H and O–H groups in total. The van der Waals surface area contributed by atoms with Gasteiger partial charge in [-0.3, -0.25) is 23.7 Å². The summed E-state index contributed by atoms with van der Waals surface area (Å²) in [5, 5.41) is 23.5. The van der Waals surface area contributed by atoms with Crippen LogP contribution in [0, 0.1) is 35.5 Å². The maximum absolute atomic E-state index is 14.5. The largest absolute Gasteiger partial charge is 0.460 e. The third-order valence-electron chi connectivity index (χ3n) is 14.8. The van der Waals surface area contributed by atoms with Gasteiger partial charge in [0.25, 0.3) is 11.7 Å². The fraction of sp³-hybridized carbons (Fsp3) is 0.755. The monoisotopic (exact) mass is 990 g/mol. The topological polar surface area (TPSA) is 201 Å². The molecule has 15 atom stereocenters. The van der Waals surface area contributed by atoms with Crippen molar-refractivity contribution in [1.29, 1.82) is 0 Å². The summed E-state index contributed by atoms with van der Waals surface area (Å²) in [6.45, 7) is 15.9. The van der Waals surface area contributed by atoms with Crippen LogP contribution in [0.4, 0.5) is 0 Å². The number of aliphatic hydroxyl groups excluding tert-OH is 1. The highest BCUT2D eigenvalue weighted by Crippen LogP contribution is 2.45. The Bertz CT molecular complexity index is 1940. The molecule has 4 aliphatic rings. The van der Waals surface area contributed by atoms with Crippen LogP contribution in [-0.2, 0) is 56.7 Å². The van der Waals surface area contributed by atoms with Crippen LogP contribution in [0.3, 0.4) is 0 Å². The minimum absolute atomic E-state index is 0.0117. The Hall–Kier alpha value is -3.14. The van der Waals surface area contributed by atoms with Gasteiger partial charge in [-0.25, -0.2) is 4.79 Å². The molecule has 69 heavy (non-hydrogen) atoms. The molecule has 0 aromatic rings. The zero-order chi connectivity index (χ0) is 51.4. The van der Waals surface area contributed by atoms with Gasteiger partial charge in [0.15, 0.2) is 13.2 Å². The molecule has 1 aliphatic carbocycles. The maximum Gasteiger partial charge on any atom is 0.329 e. The van der Waals surface area contributed by atoms with Crippen LogP contribution < -0.4 is 0 Å². The number of ketones is 3. The zero-order valence-corrected chi connectivity index (χ0v) is 44.3. The van der Waals surface area contributed by atoms with Gasteiger partial charge in [0.2, 0.25) is 5.79 Å². The van der Waals surface area contributed by atoms with Crippen LogP contribution in [0.25, 0.3) is 0 Å². The minimum atomic E-state index is -2.79. The van der Waals surface area contributed by atoms with Gasteiger partial charge in [-0.2, -0.15) is 0 Å². The number of ether oxygens (including phenoxy) is 5. The van der Waals surface area contributed by atoms with Crippen molar-refractivity contribution in [1.82, 2.24) is 4.90 Å². The molecule has 2 bridgehead atoms.